The number of rotatable bonds is 5. The Balaban J connectivity index is 1.76. The molecular formula is C19H25Cl2N5. The van der Waals surface area contributed by atoms with Crippen LogP contribution in [0.1, 0.15) is 33.1 Å². The summed E-state index contributed by atoms with van der Waals surface area (Å²) in [5.74, 6) is 1.17. The first kappa shape index (κ1) is 19.2. The van der Waals surface area contributed by atoms with E-state index in [1.807, 2.05) is 12.1 Å². The molecule has 0 atom stereocenters. The topological polar surface area (TPSA) is 67.1 Å². The maximum atomic E-state index is 6.29. The molecule has 0 unspecified atom stereocenters. The second-order valence-electron chi connectivity index (χ2n) is 7.04. The van der Waals surface area contributed by atoms with Crippen molar-refractivity contribution >= 4 is 34.8 Å². The Labute approximate surface area is 164 Å². The van der Waals surface area contributed by atoms with Gasteiger partial charge in [-0.1, -0.05) is 42.3 Å². The first-order valence-corrected chi connectivity index (χ1v) is 9.76. The van der Waals surface area contributed by atoms with E-state index in [4.69, 9.17) is 28.9 Å². The molecule has 0 saturated carbocycles. The van der Waals surface area contributed by atoms with Crippen molar-refractivity contribution in [3.8, 4) is 11.3 Å². The van der Waals surface area contributed by atoms with Crippen molar-refractivity contribution in [2.24, 2.45) is 0 Å². The summed E-state index contributed by atoms with van der Waals surface area (Å²) in [6, 6.07) is 5.41. The first-order valence-electron chi connectivity index (χ1n) is 9.00. The summed E-state index contributed by atoms with van der Waals surface area (Å²) in [6.07, 6.45) is 5.05. The number of hydrogen-bond acceptors (Lipinski definition) is 5. The van der Waals surface area contributed by atoms with Crippen LogP contribution in [0.3, 0.4) is 0 Å². The van der Waals surface area contributed by atoms with Crippen LogP contribution in [-0.2, 0) is 0 Å². The van der Waals surface area contributed by atoms with Gasteiger partial charge in [-0.15, -0.1) is 0 Å². The molecule has 0 spiro atoms. The zero-order valence-corrected chi connectivity index (χ0v) is 16.7. The molecule has 26 heavy (non-hydrogen) atoms. The molecule has 1 saturated heterocycles. The number of benzene rings is 1. The van der Waals surface area contributed by atoms with Crippen LogP contribution >= 0.6 is 23.2 Å². The van der Waals surface area contributed by atoms with Crippen LogP contribution in [0.15, 0.2) is 24.4 Å². The molecule has 0 radical (unpaired) electrons. The highest BCUT2D eigenvalue weighted by atomic mass is 35.5. The number of halogens is 2. The van der Waals surface area contributed by atoms with Gasteiger partial charge in [0.1, 0.15) is 11.5 Å². The largest absolute Gasteiger partial charge is 0.382 e. The Bertz CT molecular complexity index is 773. The van der Waals surface area contributed by atoms with Gasteiger partial charge in [-0.05, 0) is 38.8 Å². The lowest BCUT2D eigenvalue weighted by atomic mass is 9.89. The third kappa shape index (κ3) is 4.05. The van der Waals surface area contributed by atoms with Gasteiger partial charge in [0.25, 0.3) is 0 Å². The quantitative estimate of drug-likeness (QED) is 0.787. The van der Waals surface area contributed by atoms with Gasteiger partial charge < -0.3 is 16.0 Å². The molecule has 3 N–H and O–H groups in total. The Hall–Kier alpha value is -1.56. The van der Waals surface area contributed by atoms with E-state index < -0.39 is 0 Å². The number of nitrogens with one attached hydrogen (secondary N) is 1. The highest BCUT2D eigenvalue weighted by Crippen LogP contribution is 2.35. The maximum Gasteiger partial charge on any atom is 0.152 e. The van der Waals surface area contributed by atoms with Gasteiger partial charge >= 0.3 is 0 Å². The van der Waals surface area contributed by atoms with E-state index in [0.717, 1.165) is 44.7 Å². The smallest absolute Gasteiger partial charge is 0.152 e. The minimum Gasteiger partial charge on any atom is -0.382 e. The Morgan fingerprint density at radius 2 is 2.00 bits per heavy atom. The second-order valence-corrected chi connectivity index (χ2v) is 7.82. The molecule has 1 aliphatic rings. The van der Waals surface area contributed by atoms with Crippen LogP contribution in [0.5, 0.6) is 0 Å². The highest BCUT2D eigenvalue weighted by Gasteiger charge is 2.30. The lowest BCUT2D eigenvalue weighted by Crippen LogP contribution is -2.51. The molecule has 1 aliphatic heterocycles. The van der Waals surface area contributed by atoms with Gasteiger partial charge in [0.2, 0.25) is 0 Å². The number of aromatic nitrogens is 2. The molecule has 2 aromatic rings. The molecular weight excluding hydrogens is 369 g/mol. The number of anilines is 2. The average Bonchev–Trinajstić information content (AvgIpc) is 2.63. The molecule has 0 amide bonds. The van der Waals surface area contributed by atoms with Crippen LogP contribution in [0, 0.1) is 0 Å². The molecule has 0 bridgehead atoms. The van der Waals surface area contributed by atoms with Crippen molar-refractivity contribution in [1.29, 1.82) is 0 Å². The molecule has 2 heterocycles. The zero-order chi connectivity index (χ0) is 18.7. The van der Waals surface area contributed by atoms with E-state index >= 15 is 0 Å². The van der Waals surface area contributed by atoms with Crippen LogP contribution in [-0.4, -0.2) is 35.1 Å². The normalized spacial score (nSPS) is 16.7. The Morgan fingerprint density at radius 1 is 1.27 bits per heavy atom. The lowest BCUT2D eigenvalue weighted by Gasteiger charge is -2.40. The van der Waals surface area contributed by atoms with Crippen LogP contribution in [0.25, 0.3) is 11.3 Å². The fourth-order valence-corrected chi connectivity index (χ4v) is 3.66. The van der Waals surface area contributed by atoms with Crippen LogP contribution in [0.4, 0.5) is 11.6 Å². The summed E-state index contributed by atoms with van der Waals surface area (Å²) < 4.78 is 0. The molecule has 7 heteroatoms. The number of nitrogen functional groups attached to an aromatic ring is 1. The number of nitrogens with zero attached hydrogens (tertiary/aromatic N) is 3. The van der Waals surface area contributed by atoms with E-state index in [1.165, 1.54) is 0 Å². The summed E-state index contributed by atoms with van der Waals surface area (Å²) in [5.41, 5.74) is 7.64. The predicted molar refractivity (Wildman–Crippen MR) is 110 cm³/mol. The summed E-state index contributed by atoms with van der Waals surface area (Å²) in [4.78, 5) is 11.3. The van der Waals surface area contributed by atoms with Gasteiger partial charge in [0.15, 0.2) is 5.82 Å². The summed E-state index contributed by atoms with van der Waals surface area (Å²) in [5, 5.41) is 4.58. The zero-order valence-electron chi connectivity index (χ0n) is 15.2. The molecule has 5 nitrogen and oxygen atoms in total. The van der Waals surface area contributed by atoms with E-state index in [2.05, 4.69) is 34.0 Å². The summed E-state index contributed by atoms with van der Waals surface area (Å²) >= 11 is 12.4. The first-order chi connectivity index (χ1) is 12.4. The monoisotopic (exact) mass is 393 g/mol. The Morgan fingerprint density at radius 3 is 2.65 bits per heavy atom. The third-order valence-electron chi connectivity index (χ3n) is 4.99. The second kappa shape index (κ2) is 7.99. The highest BCUT2D eigenvalue weighted by molar-refractivity contribution is 6.43. The number of hydrogen-bond donors (Lipinski definition) is 2. The lowest BCUT2D eigenvalue weighted by molar-refractivity contribution is 0.285. The standard InChI is InChI=1S/C19H25Cl2N5/c1-3-9-24-19(2)7-10-26(11-8-19)15-12-23-17(18(22)25-15)13-5-4-6-14(20)16(13)21/h4-6,12,24H,3,7-11H2,1-2H3,(H2,22,25). The third-order valence-corrected chi connectivity index (χ3v) is 5.81. The molecule has 140 valence electrons. The fraction of sp³-hybridized carbons (Fsp3) is 0.474. The minimum absolute atomic E-state index is 0.194. The molecule has 0 aliphatic carbocycles. The van der Waals surface area contributed by atoms with E-state index in [9.17, 15) is 0 Å². The SMILES string of the molecule is CCCNC1(C)CCN(c2cnc(-c3cccc(Cl)c3Cl)c(N)n2)CC1. The fourth-order valence-electron chi connectivity index (χ4n) is 3.27. The van der Waals surface area contributed by atoms with Crippen LogP contribution < -0.4 is 16.0 Å². The molecule has 1 aromatic heterocycles. The molecule has 1 aromatic carbocycles. The van der Waals surface area contributed by atoms with Crippen molar-refractivity contribution in [2.45, 2.75) is 38.6 Å². The van der Waals surface area contributed by atoms with Gasteiger partial charge in [-0.25, -0.2) is 9.97 Å². The van der Waals surface area contributed by atoms with Crippen LogP contribution in [0.2, 0.25) is 10.0 Å². The van der Waals surface area contributed by atoms with E-state index in [1.54, 1.807) is 12.3 Å². The van der Waals surface area contributed by atoms with Crippen molar-refractivity contribution in [1.82, 2.24) is 15.3 Å². The predicted octanol–water partition coefficient (Wildman–Crippen LogP) is 4.39. The van der Waals surface area contributed by atoms with Crippen molar-refractivity contribution in [2.75, 3.05) is 30.3 Å². The van der Waals surface area contributed by atoms with Crippen molar-refractivity contribution < 1.29 is 0 Å². The number of piperidine rings is 1. The van der Waals surface area contributed by atoms with Gasteiger partial charge in [0.05, 0.1) is 16.2 Å². The van der Waals surface area contributed by atoms with Gasteiger partial charge in [-0.2, -0.15) is 0 Å². The molecule has 3 rings (SSSR count). The summed E-state index contributed by atoms with van der Waals surface area (Å²) in [7, 11) is 0. The van der Waals surface area contributed by atoms with Gasteiger partial charge in [0, 0.05) is 24.2 Å². The van der Waals surface area contributed by atoms with E-state index in [-0.39, 0.29) is 5.54 Å². The van der Waals surface area contributed by atoms with Crippen molar-refractivity contribution in [3.63, 3.8) is 0 Å². The minimum atomic E-state index is 0.194. The average molecular weight is 394 g/mol. The maximum absolute atomic E-state index is 6.29. The Kier molecular flexibility index (Phi) is 5.90. The molecule has 1 fully saturated rings. The van der Waals surface area contributed by atoms with Crippen molar-refractivity contribution in [3.05, 3.63) is 34.4 Å². The van der Waals surface area contributed by atoms with Gasteiger partial charge in [-0.3, -0.25) is 0 Å². The van der Waals surface area contributed by atoms with E-state index in [0.29, 0.717) is 27.1 Å². The summed E-state index contributed by atoms with van der Waals surface area (Å²) in [6.45, 7) is 7.40. The number of nitrogens with two attached hydrogens (primary N) is 1.